The molecular formula is C35H46IrNO3Si-. The fraction of sp³-hybridized carbons (Fsp3) is 0.429. The van der Waals surface area contributed by atoms with Crippen molar-refractivity contribution in [1.29, 1.82) is 0 Å². The molecule has 0 bridgehead atoms. The van der Waals surface area contributed by atoms with Crippen LogP contribution >= 0.6 is 0 Å². The van der Waals surface area contributed by atoms with Crippen molar-refractivity contribution in [1.82, 2.24) is 4.98 Å². The van der Waals surface area contributed by atoms with Gasteiger partial charge >= 0.3 is 0 Å². The molecule has 1 radical (unpaired) electrons. The summed E-state index contributed by atoms with van der Waals surface area (Å²) < 4.78 is 6.22. The van der Waals surface area contributed by atoms with E-state index < -0.39 is 8.07 Å². The number of aliphatic hydroxyl groups is 1. The number of allylic oxidation sites excluding steroid dienone is 2. The molecule has 2 heterocycles. The minimum atomic E-state index is -1.37. The molecule has 2 aromatic carbocycles. The smallest absolute Gasteiger partial charge is 0.162 e. The molecule has 4 nitrogen and oxygen atoms in total. The Bertz CT molecular complexity index is 1470. The summed E-state index contributed by atoms with van der Waals surface area (Å²) in [4.78, 5) is 16.3. The van der Waals surface area contributed by atoms with Gasteiger partial charge in [0.25, 0.3) is 0 Å². The molecule has 0 aliphatic rings. The third kappa shape index (κ3) is 8.50. The zero-order valence-electron chi connectivity index (χ0n) is 26.1. The Morgan fingerprint density at radius 3 is 2.15 bits per heavy atom. The number of hydrogen-bond acceptors (Lipinski definition) is 4. The Morgan fingerprint density at radius 2 is 1.59 bits per heavy atom. The number of carbonyl (C=O) groups excluding carboxylic acids is 1. The number of hydrogen-bond donors (Lipinski definition) is 1. The Kier molecular flexibility index (Phi) is 12.8. The predicted molar refractivity (Wildman–Crippen MR) is 172 cm³/mol. The third-order valence-corrected chi connectivity index (χ3v) is 9.78. The van der Waals surface area contributed by atoms with Gasteiger partial charge in [-0.3, -0.25) is 4.79 Å². The molecule has 4 aromatic rings. The molecule has 0 unspecified atom stereocenters. The average Bonchev–Trinajstić information content (AvgIpc) is 3.27. The zero-order valence-corrected chi connectivity index (χ0v) is 29.5. The zero-order chi connectivity index (χ0) is 29.6. The number of carbonyl (C=O) groups is 1. The van der Waals surface area contributed by atoms with Crippen molar-refractivity contribution in [3.63, 3.8) is 0 Å². The number of aryl methyl sites for hydroxylation is 2. The van der Waals surface area contributed by atoms with Crippen LogP contribution in [0, 0.1) is 31.7 Å². The summed E-state index contributed by atoms with van der Waals surface area (Å²) in [5.74, 6) is 0.547. The van der Waals surface area contributed by atoms with E-state index in [1.807, 2.05) is 33.9 Å². The standard InChI is InChI=1S/C22H22NOSi.C13H24O2.Ir/c1-14-10-15(2)12-16(11-14)21-22-18(8-9-23-21)19-13-17(25(3,4)5)6-7-20(19)24-22;1-5-10(6-2)12(14)9-13(15)11(7-3)8-4;/h6-11,13H,1-5H3;9-11,14H,5-8H2,1-4H3;/q-1;;/b;12-9-;. The fourth-order valence-electron chi connectivity index (χ4n) is 5.16. The molecule has 4 rings (SSSR count). The van der Waals surface area contributed by atoms with E-state index >= 15 is 0 Å². The summed E-state index contributed by atoms with van der Waals surface area (Å²) in [6, 6.07) is 16.4. The second-order valence-corrected chi connectivity index (χ2v) is 16.9. The monoisotopic (exact) mass is 749 g/mol. The van der Waals surface area contributed by atoms with E-state index in [1.54, 1.807) is 0 Å². The first kappa shape index (κ1) is 34.7. The van der Waals surface area contributed by atoms with Crippen molar-refractivity contribution in [2.24, 2.45) is 11.8 Å². The summed E-state index contributed by atoms with van der Waals surface area (Å²) in [6.45, 7) is 19.3. The normalized spacial score (nSPS) is 12.0. The Balaban J connectivity index is 0.000000320. The van der Waals surface area contributed by atoms with Crippen molar-refractivity contribution >= 4 is 41.0 Å². The van der Waals surface area contributed by atoms with E-state index in [0.717, 1.165) is 59.1 Å². The van der Waals surface area contributed by atoms with Crippen LogP contribution in [-0.4, -0.2) is 23.9 Å². The van der Waals surface area contributed by atoms with Crippen molar-refractivity contribution in [3.05, 3.63) is 71.6 Å². The first-order valence-corrected chi connectivity index (χ1v) is 18.2. The van der Waals surface area contributed by atoms with E-state index in [0.29, 0.717) is 0 Å². The Labute approximate surface area is 261 Å². The van der Waals surface area contributed by atoms with E-state index in [1.165, 1.54) is 22.2 Å². The second-order valence-electron chi connectivity index (χ2n) is 11.9. The van der Waals surface area contributed by atoms with Crippen molar-refractivity contribution in [2.45, 2.75) is 86.9 Å². The first-order valence-electron chi connectivity index (χ1n) is 14.7. The number of nitrogens with zero attached hydrogens (tertiary/aromatic N) is 1. The van der Waals surface area contributed by atoms with Crippen LogP contribution in [0.25, 0.3) is 33.2 Å². The van der Waals surface area contributed by atoms with E-state index in [4.69, 9.17) is 4.42 Å². The van der Waals surface area contributed by atoms with Gasteiger partial charge in [-0.15, -0.1) is 34.9 Å². The van der Waals surface area contributed by atoms with Gasteiger partial charge in [0.1, 0.15) is 11.2 Å². The van der Waals surface area contributed by atoms with Crippen molar-refractivity contribution < 1.29 is 34.4 Å². The van der Waals surface area contributed by atoms with Gasteiger partial charge in [0.15, 0.2) is 5.78 Å². The number of fused-ring (bicyclic) bond motifs is 3. The number of furan rings is 1. The van der Waals surface area contributed by atoms with Gasteiger partial charge in [-0.05, 0) is 37.8 Å². The van der Waals surface area contributed by atoms with Gasteiger partial charge in [-0.1, -0.05) is 78.5 Å². The number of aromatic nitrogens is 1. The third-order valence-electron chi connectivity index (χ3n) is 7.74. The van der Waals surface area contributed by atoms with Crippen molar-refractivity contribution in [3.8, 4) is 11.3 Å². The molecule has 2 aromatic heterocycles. The summed E-state index contributed by atoms with van der Waals surface area (Å²) >= 11 is 0. The van der Waals surface area contributed by atoms with Gasteiger partial charge in [0.05, 0.1) is 13.8 Å². The predicted octanol–water partition coefficient (Wildman–Crippen LogP) is 9.48. The number of benzene rings is 2. The summed E-state index contributed by atoms with van der Waals surface area (Å²) in [6.07, 6.45) is 6.78. The topological polar surface area (TPSA) is 63.3 Å². The van der Waals surface area contributed by atoms with Gasteiger partial charge in [-0.25, -0.2) is 0 Å². The Morgan fingerprint density at radius 1 is 0.951 bits per heavy atom. The largest absolute Gasteiger partial charge is 0.512 e. The minimum Gasteiger partial charge on any atom is -0.512 e. The van der Waals surface area contributed by atoms with Crippen LogP contribution in [0.4, 0.5) is 0 Å². The van der Waals surface area contributed by atoms with Crippen LogP contribution in [0.5, 0.6) is 0 Å². The minimum absolute atomic E-state index is 0. The molecule has 223 valence electrons. The molecule has 0 aliphatic heterocycles. The van der Waals surface area contributed by atoms with Crippen LogP contribution in [-0.2, 0) is 24.9 Å². The van der Waals surface area contributed by atoms with E-state index in [9.17, 15) is 9.90 Å². The van der Waals surface area contributed by atoms with Crippen LogP contribution in [0.2, 0.25) is 19.6 Å². The maximum absolute atomic E-state index is 11.7. The number of rotatable bonds is 9. The molecular weight excluding hydrogens is 703 g/mol. The van der Waals surface area contributed by atoms with E-state index in [-0.39, 0.29) is 43.5 Å². The van der Waals surface area contributed by atoms with Gasteiger partial charge in [0.2, 0.25) is 0 Å². The van der Waals surface area contributed by atoms with Gasteiger partial charge in [0, 0.05) is 60.7 Å². The number of pyridine rings is 1. The van der Waals surface area contributed by atoms with Crippen LogP contribution in [0.3, 0.4) is 0 Å². The second kappa shape index (κ2) is 15.1. The molecule has 1 N–H and O–H groups in total. The molecule has 0 saturated carbocycles. The molecule has 0 fully saturated rings. The van der Waals surface area contributed by atoms with Crippen molar-refractivity contribution in [2.75, 3.05) is 0 Å². The molecule has 0 aliphatic carbocycles. The number of aliphatic hydroxyl groups excluding tert-OH is 1. The summed E-state index contributed by atoms with van der Waals surface area (Å²) in [7, 11) is -1.37. The van der Waals surface area contributed by atoms with Crippen LogP contribution in [0.1, 0.15) is 64.5 Å². The molecule has 6 heteroatoms. The molecule has 0 amide bonds. The maximum Gasteiger partial charge on any atom is 0.162 e. The Hall–Kier alpha value is -2.53. The average molecular weight is 749 g/mol. The van der Waals surface area contributed by atoms with E-state index in [2.05, 4.69) is 80.9 Å². The van der Waals surface area contributed by atoms with Crippen LogP contribution < -0.4 is 5.19 Å². The molecule has 0 saturated heterocycles. The summed E-state index contributed by atoms with van der Waals surface area (Å²) in [5, 5.41) is 13.5. The fourth-order valence-corrected chi connectivity index (χ4v) is 6.32. The molecule has 0 spiro atoms. The van der Waals surface area contributed by atoms with Crippen LogP contribution in [0.15, 0.2) is 58.8 Å². The van der Waals surface area contributed by atoms with Gasteiger partial charge in [-0.2, -0.15) is 0 Å². The quantitative estimate of drug-likeness (QED) is 0.0802. The molecule has 0 atom stereocenters. The first-order chi connectivity index (χ1) is 18.9. The number of ketones is 1. The maximum atomic E-state index is 11.7. The molecule has 41 heavy (non-hydrogen) atoms. The summed E-state index contributed by atoms with van der Waals surface area (Å²) in [5.41, 5.74) is 5.97. The van der Waals surface area contributed by atoms with Gasteiger partial charge < -0.3 is 14.5 Å². The SMILES string of the molecule is CCC(CC)C(=O)/C=C(\O)C(CC)CC.Cc1[c-]c(-c2nccc3c2oc2ccc([Si](C)(C)C)cc23)cc(C)c1.[Ir].